The van der Waals surface area contributed by atoms with E-state index < -0.39 is 0 Å². The van der Waals surface area contributed by atoms with Gasteiger partial charge in [0, 0.05) is 17.6 Å². The van der Waals surface area contributed by atoms with E-state index in [1.807, 2.05) is 42.6 Å². The first-order valence-corrected chi connectivity index (χ1v) is 5.18. The second-order valence-corrected chi connectivity index (χ2v) is 3.63. The summed E-state index contributed by atoms with van der Waals surface area (Å²) in [5.74, 6) is 0. The summed E-state index contributed by atoms with van der Waals surface area (Å²) >= 11 is 0. The third-order valence-corrected chi connectivity index (χ3v) is 2.58. The molecule has 80 valence electrons. The third kappa shape index (κ3) is 1.54. The van der Waals surface area contributed by atoms with Crippen molar-refractivity contribution in [1.82, 2.24) is 14.8 Å². The van der Waals surface area contributed by atoms with E-state index in [1.165, 1.54) is 0 Å². The lowest BCUT2D eigenvalue weighted by Crippen LogP contribution is -1.97. The number of benzene rings is 1. The van der Waals surface area contributed by atoms with E-state index >= 15 is 0 Å². The highest BCUT2D eigenvalue weighted by Gasteiger charge is 2.04. The van der Waals surface area contributed by atoms with Gasteiger partial charge in [-0.1, -0.05) is 18.2 Å². The summed E-state index contributed by atoms with van der Waals surface area (Å²) in [6, 6.07) is 13.5. The molecule has 2 heterocycles. The number of hydrogen-bond donors (Lipinski definition) is 0. The number of rotatable bonds is 1. The van der Waals surface area contributed by atoms with Crippen molar-refractivity contribution in [2.24, 2.45) is 0 Å². The normalized spacial score (nSPS) is 10.3. The fraction of sp³-hybridized carbons (Fsp3) is 0. The molecule has 0 radical (unpaired) electrons. The molecule has 17 heavy (non-hydrogen) atoms. The minimum Gasteiger partial charge on any atom is -0.245 e. The Kier molecular flexibility index (Phi) is 2.09. The molecule has 4 heteroatoms. The fourth-order valence-electron chi connectivity index (χ4n) is 1.79. The van der Waals surface area contributed by atoms with Gasteiger partial charge in [-0.15, -0.1) is 0 Å². The first-order valence-electron chi connectivity index (χ1n) is 5.18. The van der Waals surface area contributed by atoms with E-state index in [0.717, 1.165) is 16.6 Å². The molecule has 3 rings (SSSR count). The Morgan fingerprint density at radius 2 is 2.06 bits per heavy atom. The standard InChI is InChI=1S/C13H8N4/c14-8-11-7-12(5-6-15-11)17-13-4-2-1-3-10(13)9-16-17/h1-7,9H. The first-order chi connectivity index (χ1) is 8.38. The summed E-state index contributed by atoms with van der Waals surface area (Å²) < 4.78 is 1.80. The number of pyridine rings is 1. The monoisotopic (exact) mass is 220 g/mol. The molecule has 0 aliphatic heterocycles. The van der Waals surface area contributed by atoms with Crippen LogP contribution in [0.2, 0.25) is 0 Å². The van der Waals surface area contributed by atoms with Crippen molar-refractivity contribution in [3.8, 4) is 11.8 Å². The van der Waals surface area contributed by atoms with Gasteiger partial charge in [0.05, 0.1) is 17.4 Å². The highest BCUT2D eigenvalue weighted by atomic mass is 15.3. The summed E-state index contributed by atoms with van der Waals surface area (Å²) in [7, 11) is 0. The Morgan fingerprint density at radius 1 is 1.18 bits per heavy atom. The number of aromatic nitrogens is 3. The highest BCUT2D eigenvalue weighted by molar-refractivity contribution is 5.80. The van der Waals surface area contributed by atoms with Crippen molar-refractivity contribution in [1.29, 1.82) is 5.26 Å². The van der Waals surface area contributed by atoms with Gasteiger partial charge in [-0.3, -0.25) is 0 Å². The minimum atomic E-state index is 0.391. The maximum atomic E-state index is 8.83. The molecule has 0 N–H and O–H groups in total. The molecule has 0 aliphatic carbocycles. The average molecular weight is 220 g/mol. The van der Waals surface area contributed by atoms with Crippen LogP contribution in [0.1, 0.15) is 5.69 Å². The Bertz CT molecular complexity index is 721. The number of nitriles is 1. The second kappa shape index (κ2) is 3.72. The molecule has 0 unspecified atom stereocenters. The van der Waals surface area contributed by atoms with Crippen LogP contribution in [0.15, 0.2) is 48.8 Å². The molecule has 4 nitrogen and oxygen atoms in total. The number of hydrogen-bond acceptors (Lipinski definition) is 3. The van der Waals surface area contributed by atoms with Gasteiger partial charge < -0.3 is 0 Å². The SMILES string of the molecule is N#Cc1cc(-n2ncc3ccccc32)ccn1. The van der Waals surface area contributed by atoms with Gasteiger partial charge in [0.15, 0.2) is 0 Å². The van der Waals surface area contributed by atoms with Crippen LogP contribution in [0, 0.1) is 11.3 Å². The smallest absolute Gasteiger partial charge is 0.142 e. The molecule has 0 amide bonds. The summed E-state index contributed by atoms with van der Waals surface area (Å²) in [5, 5.41) is 14.2. The molecule has 0 saturated heterocycles. The van der Waals surface area contributed by atoms with Crippen LogP contribution in [0.5, 0.6) is 0 Å². The van der Waals surface area contributed by atoms with Gasteiger partial charge in [0.2, 0.25) is 0 Å². The molecular formula is C13H8N4. The largest absolute Gasteiger partial charge is 0.245 e. The van der Waals surface area contributed by atoms with Crippen molar-refractivity contribution in [3.63, 3.8) is 0 Å². The number of nitrogens with zero attached hydrogens (tertiary/aromatic N) is 4. The van der Waals surface area contributed by atoms with Crippen LogP contribution < -0.4 is 0 Å². The van der Waals surface area contributed by atoms with Crippen LogP contribution >= 0.6 is 0 Å². The topological polar surface area (TPSA) is 54.5 Å². The lowest BCUT2D eigenvalue weighted by Gasteiger charge is -2.02. The lowest BCUT2D eigenvalue weighted by molar-refractivity contribution is 0.906. The van der Waals surface area contributed by atoms with Gasteiger partial charge >= 0.3 is 0 Å². The van der Waals surface area contributed by atoms with Crippen molar-refractivity contribution >= 4 is 10.9 Å². The number of para-hydroxylation sites is 1. The highest BCUT2D eigenvalue weighted by Crippen LogP contribution is 2.17. The van der Waals surface area contributed by atoms with Gasteiger partial charge in [-0.25, -0.2) is 9.67 Å². The second-order valence-electron chi connectivity index (χ2n) is 3.63. The molecule has 3 aromatic rings. The van der Waals surface area contributed by atoms with Gasteiger partial charge in [0.1, 0.15) is 11.8 Å². The maximum Gasteiger partial charge on any atom is 0.142 e. The Balaban J connectivity index is 2.24. The zero-order valence-corrected chi connectivity index (χ0v) is 8.91. The molecule has 0 atom stereocenters. The Hall–Kier alpha value is -2.67. The quantitative estimate of drug-likeness (QED) is 0.632. The Morgan fingerprint density at radius 3 is 2.94 bits per heavy atom. The zero-order chi connectivity index (χ0) is 11.7. The molecule has 2 aromatic heterocycles. The number of fused-ring (bicyclic) bond motifs is 1. The van der Waals surface area contributed by atoms with Crippen LogP contribution in [0.25, 0.3) is 16.6 Å². The van der Waals surface area contributed by atoms with E-state index in [0.29, 0.717) is 5.69 Å². The lowest BCUT2D eigenvalue weighted by atomic mass is 10.2. The Labute approximate surface area is 97.8 Å². The molecular weight excluding hydrogens is 212 g/mol. The molecule has 0 fully saturated rings. The molecule has 0 bridgehead atoms. The molecule has 0 aliphatic rings. The summed E-state index contributed by atoms with van der Waals surface area (Å²) in [6.45, 7) is 0. The predicted molar refractivity (Wildman–Crippen MR) is 63.6 cm³/mol. The average Bonchev–Trinajstić information content (AvgIpc) is 2.82. The first kappa shape index (κ1) is 9.55. The van der Waals surface area contributed by atoms with Gasteiger partial charge in [-0.05, 0) is 12.1 Å². The third-order valence-electron chi connectivity index (χ3n) is 2.58. The summed E-state index contributed by atoms with van der Waals surface area (Å²) in [5.41, 5.74) is 2.25. The van der Waals surface area contributed by atoms with Crippen LogP contribution in [-0.4, -0.2) is 14.8 Å². The van der Waals surface area contributed by atoms with Crippen molar-refractivity contribution < 1.29 is 0 Å². The summed E-state index contributed by atoms with van der Waals surface area (Å²) in [6.07, 6.45) is 3.42. The predicted octanol–water partition coefficient (Wildman–Crippen LogP) is 2.29. The zero-order valence-electron chi connectivity index (χ0n) is 8.91. The van der Waals surface area contributed by atoms with Crippen LogP contribution in [0.3, 0.4) is 0 Å². The molecule has 0 spiro atoms. The minimum absolute atomic E-state index is 0.391. The van der Waals surface area contributed by atoms with Crippen molar-refractivity contribution in [2.45, 2.75) is 0 Å². The van der Waals surface area contributed by atoms with E-state index in [1.54, 1.807) is 16.9 Å². The molecule has 0 saturated carbocycles. The fourth-order valence-corrected chi connectivity index (χ4v) is 1.79. The van der Waals surface area contributed by atoms with Gasteiger partial charge in [-0.2, -0.15) is 10.4 Å². The van der Waals surface area contributed by atoms with Crippen LogP contribution in [0.4, 0.5) is 0 Å². The van der Waals surface area contributed by atoms with Gasteiger partial charge in [0.25, 0.3) is 0 Å². The molecule has 1 aromatic carbocycles. The maximum absolute atomic E-state index is 8.83. The van der Waals surface area contributed by atoms with E-state index in [9.17, 15) is 0 Å². The van der Waals surface area contributed by atoms with E-state index in [2.05, 4.69) is 10.1 Å². The van der Waals surface area contributed by atoms with Crippen LogP contribution in [-0.2, 0) is 0 Å². The van der Waals surface area contributed by atoms with Crippen molar-refractivity contribution in [3.05, 3.63) is 54.5 Å². The van der Waals surface area contributed by atoms with E-state index in [4.69, 9.17) is 5.26 Å². The van der Waals surface area contributed by atoms with Crippen molar-refractivity contribution in [2.75, 3.05) is 0 Å². The van der Waals surface area contributed by atoms with E-state index in [-0.39, 0.29) is 0 Å². The summed E-state index contributed by atoms with van der Waals surface area (Å²) in [4.78, 5) is 3.95.